The van der Waals surface area contributed by atoms with Crippen molar-refractivity contribution >= 4 is 27.5 Å². The van der Waals surface area contributed by atoms with Crippen molar-refractivity contribution < 1.29 is 18.0 Å². The number of anilines is 1. The van der Waals surface area contributed by atoms with Crippen LogP contribution < -0.4 is 11.1 Å². The average molecular weight is 353 g/mol. The standard InChI is InChI=1S/C16H23N3O4S/c1-2-24(22,23)19-9-3-4-13(11-19)16(21)18-14-7-5-12(6-8-14)10-15(17)20/h5-8,13H,2-4,9-11H2,1H3,(H2,17,20)(H,18,21)/t13-/m0/s1. The summed E-state index contributed by atoms with van der Waals surface area (Å²) in [5, 5.41) is 2.81. The van der Waals surface area contributed by atoms with Crippen molar-refractivity contribution in [1.29, 1.82) is 0 Å². The highest BCUT2D eigenvalue weighted by Crippen LogP contribution is 2.21. The number of hydrogen-bond acceptors (Lipinski definition) is 4. The van der Waals surface area contributed by atoms with E-state index in [-0.39, 0.29) is 30.5 Å². The maximum atomic E-state index is 12.4. The Bertz CT molecular complexity index is 701. The molecule has 0 radical (unpaired) electrons. The van der Waals surface area contributed by atoms with Gasteiger partial charge in [0.2, 0.25) is 21.8 Å². The van der Waals surface area contributed by atoms with Gasteiger partial charge in [0.05, 0.1) is 18.1 Å². The highest BCUT2D eigenvalue weighted by molar-refractivity contribution is 7.89. The molecule has 1 saturated heterocycles. The third-order valence-corrected chi connectivity index (χ3v) is 5.96. The van der Waals surface area contributed by atoms with Crippen LogP contribution in [0.25, 0.3) is 0 Å². The van der Waals surface area contributed by atoms with Crippen molar-refractivity contribution in [2.75, 3.05) is 24.2 Å². The lowest BCUT2D eigenvalue weighted by Crippen LogP contribution is -2.44. The summed E-state index contributed by atoms with van der Waals surface area (Å²) in [6, 6.07) is 6.88. The van der Waals surface area contributed by atoms with Gasteiger partial charge >= 0.3 is 0 Å². The van der Waals surface area contributed by atoms with Crippen molar-refractivity contribution in [2.24, 2.45) is 11.7 Å². The third-order valence-electron chi connectivity index (χ3n) is 4.11. The summed E-state index contributed by atoms with van der Waals surface area (Å²) in [5.74, 6) is -0.909. The van der Waals surface area contributed by atoms with Crippen LogP contribution in [-0.4, -0.2) is 43.4 Å². The first-order chi connectivity index (χ1) is 11.3. The Morgan fingerprint density at radius 2 is 1.96 bits per heavy atom. The molecule has 0 bridgehead atoms. The molecule has 1 atom stereocenters. The Morgan fingerprint density at radius 1 is 1.29 bits per heavy atom. The lowest BCUT2D eigenvalue weighted by Gasteiger charge is -2.30. The minimum Gasteiger partial charge on any atom is -0.369 e. The molecule has 7 nitrogen and oxygen atoms in total. The predicted octanol–water partition coefficient (Wildman–Crippen LogP) is 0.715. The van der Waals surface area contributed by atoms with E-state index >= 15 is 0 Å². The van der Waals surface area contributed by atoms with Gasteiger partial charge < -0.3 is 11.1 Å². The van der Waals surface area contributed by atoms with Gasteiger partial charge in [0, 0.05) is 18.8 Å². The average Bonchev–Trinajstić information content (AvgIpc) is 2.56. The van der Waals surface area contributed by atoms with Gasteiger partial charge in [0.25, 0.3) is 0 Å². The SMILES string of the molecule is CCS(=O)(=O)N1CCC[C@H](C(=O)Nc2ccc(CC(N)=O)cc2)C1. The first-order valence-corrected chi connectivity index (χ1v) is 9.58. The molecule has 0 spiro atoms. The second-order valence-corrected chi connectivity index (χ2v) is 8.18. The smallest absolute Gasteiger partial charge is 0.228 e. The van der Waals surface area contributed by atoms with Gasteiger partial charge in [-0.15, -0.1) is 0 Å². The van der Waals surface area contributed by atoms with Crippen molar-refractivity contribution in [3.8, 4) is 0 Å². The fourth-order valence-corrected chi connectivity index (χ4v) is 3.92. The monoisotopic (exact) mass is 353 g/mol. The molecular formula is C16H23N3O4S. The van der Waals surface area contributed by atoms with Crippen LogP contribution in [0.15, 0.2) is 24.3 Å². The number of carbonyl (C=O) groups excluding carboxylic acids is 2. The van der Waals surface area contributed by atoms with E-state index in [0.717, 1.165) is 5.56 Å². The zero-order valence-corrected chi connectivity index (χ0v) is 14.5. The van der Waals surface area contributed by atoms with Gasteiger partial charge in [-0.2, -0.15) is 0 Å². The molecule has 8 heteroatoms. The Morgan fingerprint density at radius 3 is 2.54 bits per heavy atom. The third kappa shape index (κ3) is 4.78. The number of carbonyl (C=O) groups is 2. The molecule has 2 amide bonds. The topological polar surface area (TPSA) is 110 Å². The lowest BCUT2D eigenvalue weighted by molar-refractivity contribution is -0.121. The Balaban J connectivity index is 1.97. The van der Waals surface area contributed by atoms with E-state index in [2.05, 4.69) is 5.32 Å². The van der Waals surface area contributed by atoms with Crippen molar-refractivity contribution in [3.05, 3.63) is 29.8 Å². The second-order valence-electron chi connectivity index (χ2n) is 5.93. The van der Waals surface area contributed by atoms with Crippen molar-refractivity contribution in [3.63, 3.8) is 0 Å². The van der Waals surface area contributed by atoms with Crippen LogP contribution in [-0.2, 0) is 26.0 Å². The molecule has 132 valence electrons. The minimum atomic E-state index is -3.27. The molecule has 0 unspecified atom stereocenters. The minimum absolute atomic E-state index is 0.0443. The molecule has 1 heterocycles. The van der Waals surface area contributed by atoms with Gasteiger partial charge in [0.1, 0.15) is 0 Å². The molecule has 2 rings (SSSR count). The first-order valence-electron chi connectivity index (χ1n) is 7.97. The molecule has 0 aromatic heterocycles. The number of nitrogens with two attached hydrogens (primary N) is 1. The number of nitrogens with one attached hydrogen (secondary N) is 1. The van der Waals surface area contributed by atoms with Crippen LogP contribution in [0.4, 0.5) is 5.69 Å². The summed E-state index contributed by atoms with van der Waals surface area (Å²) in [6.45, 7) is 2.30. The Kier molecular flexibility index (Phi) is 5.95. The zero-order chi connectivity index (χ0) is 17.7. The van der Waals surface area contributed by atoms with E-state index in [1.807, 2.05) is 0 Å². The Labute approximate surface area is 142 Å². The van der Waals surface area contributed by atoms with Gasteiger partial charge in [0.15, 0.2) is 0 Å². The van der Waals surface area contributed by atoms with E-state index in [0.29, 0.717) is 25.1 Å². The first kappa shape index (κ1) is 18.4. The van der Waals surface area contributed by atoms with Crippen LogP contribution >= 0.6 is 0 Å². The van der Waals surface area contributed by atoms with Crippen LogP contribution in [0.2, 0.25) is 0 Å². The van der Waals surface area contributed by atoms with E-state index in [4.69, 9.17) is 5.73 Å². The number of rotatable bonds is 6. The van der Waals surface area contributed by atoms with E-state index < -0.39 is 15.9 Å². The summed E-state index contributed by atoms with van der Waals surface area (Å²) >= 11 is 0. The van der Waals surface area contributed by atoms with Crippen LogP contribution in [0.1, 0.15) is 25.3 Å². The number of primary amides is 1. The number of piperidine rings is 1. The van der Waals surface area contributed by atoms with Crippen LogP contribution in [0.3, 0.4) is 0 Å². The Hall–Kier alpha value is -1.93. The highest BCUT2D eigenvalue weighted by Gasteiger charge is 2.31. The summed E-state index contributed by atoms with van der Waals surface area (Å²) in [4.78, 5) is 23.3. The molecular weight excluding hydrogens is 330 g/mol. The van der Waals surface area contributed by atoms with E-state index in [1.54, 1.807) is 31.2 Å². The molecule has 1 aromatic rings. The highest BCUT2D eigenvalue weighted by atomic mass is 32.2. The van der Waals surface area contributed by atoms with Crippen molar-refractivity contribution in [1.82, 2.24) is 4.31 Å². The molecule has 1 fully saturated rings. The van der Waals surface area contributed by atoms with Crippen LogP contribution in [0.5, 0.6) is 0 Å². The number of nitrogens with zero attached hydrogens (tertiary/aromatic N) is 1. The summed E-state index contributed by atoms with van der Waals surface area (Å²) in [6.07, 6.45) is 1.50. The maximum absolute atomic E-state index is 12.4. The second kappa shape index (κ2) is 7.76. The van der Waals surface area contributed by atoms with Gasteiger partial charge in [-0.3, -0.25) is 9.59 Å². The van der Waals surface area contributed by atoms with Gasteiger partial charge in [-0.25, -0.2) is 12.7 Å². The number of amides is 2. The largest absolute Gasteiger partial charge is 0.369 e. The molecule has 0 saturated carbocycles. The maximum Gasteiger partial charge on any atom is 0.228 e. The van der Waals surface area contributed by atoms with Crippen molar-refractivity contribution in [2.45, 2.75) is 26.2 Å². The summed E-state index contributed by atoms with van der Waals surface area (Å²) in [7, 11) is -3.27. The predicted molar refractivity (Wildman–Crippen MR) is 91.7 cm³/mol. The van der Waals surface area contributed by atoms with Crippen LogP contribution in [0, 0.1) is 5.92 Å². The number of hydrogen-bond donors (Lipinski definition) is 2. The van der Waals surface area contributed by atoms with E-state index in [1.165, 1.54) is 4.31 Å². The lowest BCUT2D eigenvalue weighted by atomic mass is 9.98. The quantitative estimate of drug-likeness (QED) is 0.785. The summed E-state index contributed by atoms with van der Waals surface area (Å²) in [5.41, 5.74) is 6.53. The number of sulfonamides is 1. The molecule has 1 aliphatic heterocycles. The molecule has 0 aliphatic carbocycles. The molecule has 3 N–H and O–H groups in total. The van der Waals surface area contributed by atoms with Gasteiger partial charge in [-0.1, -0.05) is 12.1 Å². The summed E-state index contributed by atoms with van der Waals surface area (Å²) < 4.78 is 25.3. The fraction of sp³-hybridized carbons (Fsp3) is 0.500. The fourth-order valence-electron chi connectivity index (χ4n) is 2.74. The normalized spacial score (nSPS) is 19.0. The van der Waals surface area contributed by atoms with E-state index in [9.17, 15) is 18.0 Å². The van der Waals surface area contributed by atoms with Gasteiger partial charge in [-0.05, 0) is 37.5 Å². The molecule has 1 aromatic carbocycles. The molecule has 1 aliphatic rings. The number of benzene rings is 1. The zero-order valence-electron chi connectivity index (χ0n) is 13.7. The molecule has 24 heavy (non-hydrogen) atoms.